The van der Waals surface area contributed by atoms with E-state index in [2.05, 4.69) is 16.0 Å². The number of amides is 3. The molecule has 0 aliphatic heterocycles. The SMILES string of the molecule is CC(=O)NC12C[C@H]3C[C@@H](C1)CC(C(=O)OCC(=O)NCC(=O)Nc1c(C)cc(C)cc1C)(C3)C2. The number of anilines is 1. The van der Waals surface area contributed by atoms with Crippen molar-refractivity contribution < 1.29 is 23.9 Å². The molecule has 1 aromatic rings. The summed E-state index contributed by atoms with van der Waals surface area (Å²) in [6, 6.07) is 3.97. The van der Waals surface area contributed by atoms with Crippen molar-refractivity contribution in [3.63, 3.8) is 0 Å². The summed E-state index contributed by atoms with van der Waals surface area (Å²) in [6.45, 7) is 6.74. The molecule has 34 heavy (non-hydrogen) atoms. The predicted octanol–water partition coefficient (Wildman–Crippen LogP) is 2.68. The Bertz CT molecular complexity index is 996. The first-order valence-electron chi connectivity index (χ1n) is 12.1. The highest BCUT2D eigenvalue weighted by atomic mass is 16.5. The van der Waals surface area contributed by atoms with Crippen LogP contribution in [0.25, 0.3) is 0 Å². The maximum atomic E-state index is 13.1. The third-order valence-corrected chi connectivity index (χ3v) is 7.66. The van der Waals surface area contributed by atoms with Crippen molar-refractivity contribution in [2.45, 2.75) is 71.8 Å². The van der Waals surface area contributed by atoms with Crippen molar-refractivity contribution in [2.75, 3.05) is 18.5 Å². The van der Waals surface area contributed by atoms with Crippen LogP contribution in [-0.4, -0.2) is 42.4 Å². The fourth-order valence-electron chi connectivity index (χ4n) is 7.10. The summed E-state index contributed by atoms with van der Waals surface area (Å²) < 4.78 is 5.45. The molecule has 4 atom stereocenters. The van der Waals surface area contributed by atoms with E-state index in [1.165, 1.54) is 6.92 Å². The van der Waals surface area contributed by atoms with Crippen LogP contribution in [0.4, 0.5) is 5.69 Å². The minimum atomic E-state index is -0.634. The number of ether oxygens (including phenoxy) is 1. The molecule has 184 valence electrons. The quantitative estimate of drug-likeness (QED) is 0.532. The van der Waals surface area contributed by atoms with Gasteiger partial charge in [-0.25, -0.2) is 0 Å². The van der Waals surface area contributed by atoms with Crippen LogP contribution < -0.4 is 16.0 Å². The molecule has 0 aromatic heterocycles. The molecule has 4 fully saturated rings. The highest BCUT2D eigenvalue weighted by Gasteiger charge is 2.61. The molecule has 5 rings (SSSR count). The second-order valence-corrected chi connectivity index (χ2v) is 10.9. The second kappa shape index (κ2) is 9.04. The smallest absolute Gasteiger partial charge is 0.312 e. The maximum Gasteiger partial charge on any atom is 0.312 e. The van der Waals surface area contributed by atoms with Crippen molar-refractivity contribution in [1.29, 1.82) is 0 Å². The molecule has 3 amide bonds. The molecule has 4 saturated carbocycles. The van der Waals surface area contributed by atoms with Crippen molar-refractivity contribution in [2.24, 2.45) is 17.3 Å². The largest absolute Gasteiger partial charge is 0.455 e. The van der Waals surface area contributed by atoms with Crippen LogP contribution >= 0.6 is 0 Å². The Morgan fingerprint density at radius 3 is 2.18 bits per heavy atom. The highest BCUT2D eigenvalue weighted by Crippen LogP contribution is 2.62. The monoisotopic (exact) mass is 469 g/mol. The first-order chi connectivity index (χ1) is 16.0. The topological polar surface area (TPSA) is 114 Å². The van der Waals surface area contributed by atoms with Crippen LogP contribution in [0.5, 0.6) is 0 Å². The van der Waals surface area contributed by atoms with Crippen LogP contribution in [0.2, 0.25) is 0 Å². The fraction of sp³-hybridized carbons (Fsp3) is 0.615. The summed E-state index contributed by atoms with van der Waals surface area (Å²) in [5.41, 5.74) is 2.81. The van der Waals surface area contributed by atoms with Crippen molar-refractivity contribution in [3.8, 4) is 0 Å². The van der Waals surface area contributed by atoms with Crippen LogP contribution in [0, 0.1) is 38.0 Å². The normalized spacial score (nSPS) is 28.8. The van der Waals surface area contributed by atoms with E-state index in [0.29, 0.717) is 18.3 Å². The van der Waals surface area contributed by atoms with Gasteiger partial charge in [-0.1, -0.05) is 17.7 Å². The zero-order valence-corrected chi connectivity index (χ0v) is 20.5. The molecule has 4 bridgehead atoms. The zero-order valence-electron chi connectivity index (χ0n) is 20.5. The number of esters is 1. The van der Waals surface area contributed by atoms with E-state index in [1.807, 2.05) is 32.9 Å². The van der Waals surface area contributed by atoms with E-state index in [1.54, 1.807) is 0 Å². The fourth-order valence-corrected chi connectivity index (χ4v) is 7.10. The van der Waals surface area contributed by atoms with Gasteiger partial charge in [-0.15, -0.1) is 0 Å². The predicted molar refractivity (Wildman–Crippen MR) is 127 cm³/mol. The first-order valence-corrected chi connectivity index (χ1v) is 12.1. The van der Waals surface area contributed by atoms with Gasteiger partial charge in [0, 0.05) is 18.2 Å². The Morgan fingerprint density at radius 2 is 1.59 bits per heavy atom. The summed E-state index contributed by atoms with van der Waals surface area (Å²) in [7, 11) is 0. The molecule has 2 unspecified atom stereocenters. The van der Waals surface area contributed by atoms with E-state index < -0.39 is 17.9 Å². The Labute approximate surface area is 200 Å². The molecule has 0 radical (unpaired) electrons. The average Bonchev–Trinajstić information content (AvgIpc) is 2.71. The highest BCUT2D eigenvalue weighted by molar-refractivity contribution is 5.96. The lowest BCUT2D eigenvalue weighted by Gasteiger charge is -2.60. The summed E-state index contributed by atoms with van der Waals surface area (Å²) >= 11 is 0. The minimum absolute atomic E-state index is 0.0702. The standard InChI is InChI=1S/C26H35N3O5/c1-15-5-16(2)23(17(3)6-15)28-21(31)12-27-22(32)13-34-24(33)25-8-19-7-20(9-25)11-26(10-19,14-25)29-18(4)30/h5-6,19-20H,7-14H2,1-4H3,(H,27,32)(H,28,31)(H,29,30)/t19-,20+,25?,26?. The van der Waals surface area contributed by atoms with Crippen LogP contribution in [0.15, 0.2) is 12.1 Å². The number of carbonyl (C=O) groups excluding carboxylic acids is 4. The average molecular weight is 470 g/mol. The van der Waals surface area contributed by atoms with Crippen LogP contribution in [0.3, 0.4) is 0 Å². The number of benzene rings is 1. The van der Waals surface area contributed by atoms with Crippen molar-refractivity contribution >= 4 is 29.4 Å². The number of carbonyl (C=O) groups is 4. The Balaban J connectivity index is 1.28. The van der Waals surface area contributed by atoms with Gasteiger partial charge in [-0.05, 0) is 82.3 Å². The number of hydrogen-bond donors (Lipinski definition) is 3. The van der Waals surface area contributed by atoms with Crippen molar-refractivity contribution in [1.82, 2.24) is 10.6 Å². The van der Waals surface area contributed by atoms with Crippen LogP contribution in [-0.2, 0) is 23.9 Å². The van der Waals surface area contributed by atoms with E-state index in [4.69, 9.17) is 4.74 Å². The lowest BCUT2D eigenvalue weighted by Crippen LogP contribution is -2.64. The molecule has 3 N–H and O–H groups in total. The van der Waals surface area contributed by atoms with Gasteiger partial charge in [0.05, 0.1) is 12.0 Å². The lowest BCUT2D eigenvalue weighted by atomic mass is 9.47. The van der Waals surface area contributed by atoms with Gasteiger partial charge in [0.25, 0.3) is 5.91 Å². The zero-order chi connectivity index (χ0) is 24.7. The summed E-state index contributed by atoms with van der Waals surface area (Å²) in [4.78, 5) is 49.5. The van der Waals surface area contributed by atoms with Gasteiger partial charge in [-0.2, -0.15) is 0 Å². The molecule has 0 saturated heterocycles. The molecule has 4 aliphatic carbocycles. The number of hydrogen-bond acceptors (Lipinski definition) is 5. The molecule has 0 heterocycles. The number of nitrogens with one attached hydrogen (secondary N) is 3. The third kappa shape index (κ3) is 4.95. The Morgan fingerprint density at radius 1 is 0.971 bits per heavy atom. The van der Waals surface area contributed by atoms with E-state index >= 15 is 0 Å². The summed E-state index contributed by atoms with van der Waals surface area (Å²) in [6.07, 6.45) is 4.99. The first kappa shape index (κ1) is 24.2. The van der Waals surface area contributed by atoms with Gasteiger partial charge in [0.2, 0.25) is 11.8 Å². The number of aryl methyl sites for hydroxylation is 3. The Kier molecular flexibility index (Phi) is 6.44. The molecule has 0 spiro atoms. The van der Waals surface area contributed by atoms with Crippen LogP contribution in [0.1, 0.15) is 62.1 Å². The van der Waals surface area contributed by atoms with E-state index in [-0.39, 0.29) is 29.9 Å². The minimum Gasteiger partial charge on any atom is -0.455 e. The third-order valence-electron chi connectivity index (χ3n) is 7.66. The number of rotatable bonds is 7. The Hall–Kier alpha value is -2.90. The molecule has 4 aliphatic rings. The van der Waals surface area contributed by atoms with E-state index in [9.17, 15) is 19.2 Å². The molecule has 8 heteroatoms. The van der Waals surface area contributed by atoms with Gasteiger partial charge >= 0.3 is 5.97 Å². The molecular weight excluding hydrogens is 434 g/mol. The van der Waals surface area contributed by atoms with E-state index in [0.717, 1.165) is 54.5 Å². The lowest BCUT2D eigenvalue weighted by molar-refractivity contribution is -0.177. The van der Waals surface area contributed by atoms with Gasteiger partial charge < -0.3 is 20.7 Å². The van der Waals surface area contributed by atoms with Gasteiger partial charge in [0.1, 0.15) is 0 Å². The second-order valence-electron chi connectivity index (χ2n) is 10.9. The summed E-state index contributed by atoms with van der Waals surface area (Å²) in [5.74, 6) is -0.491. The molecule has 1 aromatic carbocycles. The van der Waals surface area contributed by atoms with Gasteiger partial charge in [-0.3, -0.25) is 19.2 Å². The summed E-state index contributed by atoms with van der Waals surface area (Å²) in [5, 5.41) is 8.49. The maximum absolute atomic E-state index is 13.1. The molecule has 8 nitrogen and oxygen atoms in total. The van der Waals surface area contributed by atoms with Crippen molar-refractivity contribution in [3.05, 3.63) is 28.8 Å². The molecular formula is C26H35N3O5. The van der Waals surface area contributed by atoms with Gasteiger partial charge in [0.15, 0.2) is 6.61 Å².